The van der Waals surface area contributed by atoms with Crippen molar-refractivity contribution in [1.82, 2.24) is 15.2 Å². The second kappa shape index (κ2) is 3.91. The summed E-state index contributed by atoms with van der Waals surface area (Å²) in [6, 6.07) is 4.07. The van der Waals surface area contributed by atoms with E-state index in [9.17, 15) is 0 Å². The molecule has 0 fully saturated rings. The first-order valence-corrected chi connectivity index (χ1v) is 4.49. The molecule has 0 saturated carbocycles. The molecule has 4 heteroatoms. The highest BCUT2D eigenvalue weighted by molar-refractivity contribution is 5.37. The van der Waals surface area contributed by atoms with E-state index in [1.165, 1.54) is 5.56 Å². The summed E-state index contributed by atoms with van der Waals surface area (Å²) >= 11 is 0. The molecule has 0 saturated heterocycles. The third kappa shape index (κ3) is 2.10. The zero-order valence-corrected chi connectivity index (χ0v) is 7.99. The summed E-state index contributed by atoms with van der Waals surface area (Å²) in [4.78, 5) is 4.28. The second-order valence-corrected chi connectivity index (χ2v) is 3.17. The van der Waals surface area contributed by atoms with E-state index in [0.717, 1.165) is 17.9 Å². The van der Waals surface area contributed by atoms with Crippen LogP contribution in [0.1, 0.15) is 11.3 Å². The molecule has 0 aliphatic heterocycles. The van der Waals surface area contributed by atoms with E-state index >= 15 is 0 Å². The molecule has 72 valence electrons. The van der Waals surface area contributed by atoms with Gasteiger partial charge in [0, 0.05) is 12.4 Å². The molecule has 2 aromatic rings. The minimum atomic E-state index is 0.722. The highest BCUT2D eigenvalue weighted by Crippen LogP contribution is 2.04. The molecular formula is C10H12N4. The average molecular weight is 188 g/mol. The van der Waals surface area contributed by atoms with Gasteiger partial charge in [0.1, 0.15) is 0 Å². The van der Waals surface area contributed by atoms with Gasteiger partial charge in [-0.1, -0.05) is 6.07 Å². The van der Waals surface area contributed by atoms with E-state index in [-0.39, 0.29) is 0 Å². The van der Waals surface area contributed by atoms with Gasteiger partial charge in [-0.3, -0.25) is 10.1 Å². The number of anilines is 1. The Hall–Kier alpha value is -1.84. The van der Waals surface area contributed by atoms with Gasteiger partial charge < -0.3 is 5.32 Å². The topological polar surface area (TPSA) is 53.6 Å². The summed E-state index contributed by atoms with van der Waals surface area (Å²) in [6.07, 6.45) is 5.43. The number of aromatic nitrogens is 3. The molecule has 2 rings (SSSR count). The lowest BCUT2D eigenvalue weighted by Crippen LogP contribution is -2.00. The minimum absolute atomic E-state index is 0.722. The van der Waals surface area contributed by atoms with Gasteiger partial charge in [-0.25, -0.2) is 0 Å². The van der Waals surface area contributed by atoms with Crippen LogP contribution in [0.4, 0.5) is 5.69 Å². The Morgan fingerprint density at radius 1 is 1.36 bits per heavy atom. The van der Waals surface area contributed by atoms with Crippen molar-refractivity contribution in [1.29, 1.82) is 0 Å². The standard InChI is InChI=1S/C10H12N4/c1-8-2-3-9(11-4-8)5-12-10-6-13-14-7-10/h2-4,6-7,12H,5H2,1H3,(H,13,14). The molecule has 0 aromatic carbocycles. The highest BCUT2D eigenvalue weighted by Gasteiger charge is 1.95. The van der Waals surface area contributed by atoms with Gasteiger partial charge in [-0.05, 0) is 18.6 Å². The Balaban J connectivity index is 1.95. The van der Waals surface area contributed by atoms with E-state index in [1.54, 1.807) is 6.20 Å². The van der Waals surface area contributed by atoms with E-state index in [4.69, 9.17) is 0 Å². The number of hydrogen-bond acceptors (Lipinski definition) is 3. The van der Waals surface area contributed by atoms with Crippen molar-refractivity contribution >= 4 is 5.69 Å². The van der Waals surface area contributed by atoms with Crippen LogP contribution in [-0.2, 0) is 6.54 Å². The van der Waals surface area contributed by atoms with E-state index in [0.29, 0.717) is 0 Å². The SMILES string of the molecule is Cc1ccc(CNc2cn[nH]c2)nc1. The zero-order chi connectivity index (χ0) is 9.80. The fourth-order valence-corrected chi connectivity index (χ4v) is 1.14. The van der Waals surface area contributed by atoms with Crippen molar-refractivity contribution < 1.29 is 0 Å². The summed E-state index contributed by atoms with van der Waals surface area (Å²) in [5.41, 5.74) is 3.18. The van der Waals surface area contributed by atoms with Crippen LogP contribution in [0.5, 0.6) is 0 Å². The Kier molecular flexibility index (Phi) is 2.44. The second-order valence-electron chi connectivity index (χ2n) is 3.17. The summed E-state index contributed by atoms with van der Waals surface area (Å²) in [5, 5.41) is 9.79. The Labute approximate surface area is 82.4 Å². The summed E-state index contributed by atoms with van der Waals surface area (Å²) < 4.78 is 0. The summed E-state index contributed by atoms with van der Waals surface area (Å²) in [5.74, 6) is 0. The van der Waals surface area contributed by atoms with E-state index in [2.05, 4.69) is 26.6 Å². The molecule has 0 aliphatic carbocycles. The summed E-state index contributed by atoms with van der Waals surface area (Å²) in [7, 11) is 0. The molecule has 0 bridgehead atoms. The van der Waals surface area contributed by atoms with Crippen molar-refractivity contribution in [3.63, 3.8) is 0 Å². The predicted molar refractivity (Wildman–Crippen MR) is 54.9 cm³/mol. The number of pyridine rings is 1. The molecule has 2 aromatic heterocycles. The van der Waals surface area contributed by atoms with Crippen LogP contribution < -0.4 is 5.32 Å². The number of H-pyrrole nitrogens is 1. The maximum Gasteiger partial charge on any atom is 0.0726 e. The molecule has 0 aliphatic rings. The molecule has 0 unspecified atom stereocenters. The third-order valence-electron chi connectivity index (χ3n) is 1.94. The highest BCUT2D eigenvalue weighted by atomic mass is 15.1. The van der Waals surface area contributed by atoms with Gasteiger partial charge in [0.25, 0.3) is 0 Å². The van der Waals surface area contributed by atoms with Crippen LogP contribution in [0.15, 0.2) is 30.7 Å². The average Bonchev–Trinajstić information content (AvgIpc) is 2.70. The molecule has 14 heavy (non-hydrogen) atoms. The van der Waals surface area contributed by atoms with Crippen LogP contribution in [0.3, 0.4) is 0 Å². The van der Waals surface area contributed by atoms with Crippen LogP contribution in [0.2, 0.25) is 0 Å². The molecule has 0 amide bonds. The molecule has 0 atom stereocenters. The number of aryl methyl sites for hydroxylation is 1. The van der Waals surface area contributed by atoms with Gasteiger partial charge in [-0.2, -0.15) is 5.10 Å². The first-order valence-electron chi connectivity index (χ1n) is 4.49. The number of hydrogen-bond donors (Lipinski definition) is 2. The van der Waals surface area contributed by atoms with E-state index < -0.39 is 0 Å². The molecule has 0 radical (unpaired) electrons. The Morgan fingerprint density at radius 3 is 2.93 bits per heavy atom. The number of nitrogens with one attached hydrogen (secondary N) is 2. The Morgan fingerprint density at radius 2 is 2.29 bits per heavy atom. The largest absolute Gasteiger partial charge is 0.377 e. The van der Waals surface area contributed by atoms with Crippen molar-refractivity contribution in [3.8, 4) is 0 Å². The van der Waals surface area contributed by atoms with Gasteiger partial charge in [-0.15, -0.1) is 0 Å². The molecular weight excluding hydrogens is 176 g/mol. The normalized spacial score (nSPS) is 10.1. The molecule has 2 N–H and O–H groups in total. The van der Waals surface area contributed by atoms with Gasteiger partial charge in [0.05, 0.1) is 24.1 Å². The van der Waals surface area contributed by atoms with E-state index in [1.807, 2.05) is 25.4 Å². The van der Waals surface area contributed by atoms with Gasteiger partial charge in [0.2, 0.25) is 0 Å². The van der Waals surface area contributed by atoms with Crippen molar-refractivity contribution in [3.05, 3.63) is 42.0 Å². The van der Waals surface area contributed by atoms with Crippen molar-refractivity contribution in [2.45, 2.75) is 13.5 Å². The van der Waals surface area contributed by atoms with Crippen LogP contribution >= 0.6 is 0 Å². The van der Waals surface area contributed by atoms with Crippen molar-refractivity contribution in [2.24, 2.45) is 0 Å². The van der Waals surface area contributed by atoms with Crippen LogP contribution in [0.25, 0.3) is 0 Å². The number of aromatic amines is 1. The first-order chi connectivity index (χ1) is 6.84. The number of rotatable bonds is 3. The number of nitrogens with zero attached hydrogens (tertiary/aromatic N) is 2. The molecule has 0 spiro atoms. The Bertz CT molecular complexity index is 377. The first kappa shape index (κ1) is 8.74. The fraction of sp³-hybridized carbons (Fsp3) is 0.200. The molecule has 4 nitrogen and oxygen atoms in total. The lowest BCUT2D eigenvalue weighted by molar-refractivity contribution is 1.04. The zero-order valence-electron chi connectivity index (χ0n) is 7.99. The minimum Gasteiger partial charge on any atom is -0.377 e. The summed E-state index contributed by atoms with van der Waals surface area (Å²) in [6.45, 7) is 2.75. The smallest absolute Gasteiger partial charge is 0.0726 e. The predicted octanol–water partition coefficient (Wildman–Crippen LogP) is 1.73. The van der Waals surface area contributed by atoms with Gasteiger partial charge in [0.15, 0.2) is 0 Å². The monoisotopic (exact) mass is 188 g/mol. The maximum absolute atomic E-state index is 4.28. The van der Waals surface area contributed by atoms with Crippen molar-refractivity contribution in [2.75, 3.05) is 5.32 Å². The third-order valence-corrected chi connectivity index (χ3v) is 1.94. The lowest BCUT2D eigenvalue weighted by Gasteiger charge is -2.02. The van der Waals surface area contributed by atoms with Crippen LogP contribution in [0, 0.1) is 6.92 Å². The maximum atomic E-state index is 4.28. The van der Waals surface area contributed by atoms with Gasteiger partial charge >= 0.3 is 0 Å². The fourth-order valence-electron chi connectivity index (χ4n) is 1.14. The lowest BCUT2D eigenvalue weighted by atomic mass is 10.3. The van der Waals surface area contributed by atoms with Crippen LogP contribution in [-0.4, -0.2) is 15.2 Å². The molecule has 2 heterocycles. The quantitative estimate of drug-likeness (QED) is 0.771.